The first-order valence-electron chi connectivity index (χ1n) is 7.08. The highest BCUT2D eigenvalue weighted by molar-refractivity contribution is 5.82. The number of hydrogen-bond donors (Lipinski definition) is 2. The van der Waals surface area contributed by atoms with E-state index in [1.165, 1.54) is 0 Å². The lowest BCUT2D eigenvalue weighted by atomic mass is 10.0. The number of carbonyl (C=O) groups excluding carboxylic acids is 1. The quantitative estimate of drug-likeness (QED) is 0.570. The van der Waals surface area contributed by atoms with Crippen molar-refractivity contribution in [1.82, 2.24) is 20.2 Å². The molecule has 2 N–H and O–H groups in total. The maximum atomic E-state index is 11.4. The molecule has 7 nitrogen and oxygen atoms in total. The number of carbonyl (C=O) groups is 1. The summed E-state index contributed by atoms with van der Waals surface area (Å²) in [5.74, 6) is 0.406. The molecule has 0 aliphatic rings. The Morgan fingerprint density at radius 3 is 2.74 bits per heavy atom. The highest BCUT2D eigenvalue weighted by Gasteiger charge is 2.14. The molecule has 0 saturated carbocycles. The molecule has 7 heteroatoms. The van der Waals surface area contributed by atoms with Crippen LogP contribution < -0.4 is 10.2 Å². The molecule has 2 heterocycles. The van der Waals surface area contributed by atoms with Crippen molar-refractivity contribution in [2.45, 2.75) is 12.8 Å². The van der Waals surface area contributed by atoms with Crippen LogP contribution in [0.4, 0.5) is 0 Å². The molecular formula is C16H16N4O3. The van der Waals surface area contributed by atoms with E-state index in [1.54, 1.807) is 59.8 Å². The van der Waals surface area contributed by atoms with Gasteiger partial charge in [0.2, 0.25) is 0 Å². The zero-order valence-electron chi connectivity index (χ0n) is 12.7. The minimum Gasteiger partial charge on any atom is -0.456 e. The number of aromatic nitrogens is 3. The molecule has 1 unspecified atom stereocenters. The molecule has 0 spiro atoms. The van der Waals surface area contributed by atoms with Crippen molar-refractivity contribution in [1.29, 1.82) is 0 Å². The summed E-state index contributed by atoms with van der Waals surface area (Å²) in [5.41, 5.74) is 3.18. The number of nitrogens with one attached hydrogen (secondary N) is 1. The van der Waals surface area contributed by atoms with Crippen LogP contribution in [0.3, 0.4) is 0 Å². The second kappa shape index (κ2) is 6.05. The van der Waals surface area contributed by atoms with E-state index >= 15 is 0 Å². The van der Waals surface area contributed by atoms with Crippen molar-refractivity contribution >= 4 is 16.9 Å². The van der Waals surface area contributed by atoms with Crippen LogP contribution in [0.2, 0.25) is 0 Å². The van der Waals surface area contributed by atoms with Gasteiger partial charge in [0, 0.05) is 13.2 Å². The van der Waals surface area contributed by atoms with Crippen LogP contribution in [0.15, 0.2) is 42.7 Å². The van der Waals surface area contributed by atoms with Gasteiger partial charge in [0.25, 0.3) is 5.91 Å². The van der Waals surface area contributed by atoms with Gasteiger partial charge in [-0.2, -0.15) is 5.10 Å². The first-order valence-corrected chi connectivity index (χ1v) is 7.08. The summed E-state index contributed by atoms with van der Waals surface area (Å²) in [4.78, 5) is 15.7. The lowest BCUT2D eigenvalue weighted by Gasteiger charge is -2.11. The smallest absolute Gasteiger partial charge is 0.250 e. The Hall–Kier alpha value is -2.93. The number of amides is 1. The van der Waals surface area contributed by atoms with Gasteiger partial charge in [-0.1, -0.05) is 12.1 Å². The molecule has 0 fully saturated rings. The van der Waals surface area contributed by atoms with Gasteiger partial charge in [0.15, 0.2) is 5.65 Å². The average Bonchev–Trinajstić information content (AvgIpc) is 2.97. The maximum absolute atomic E-state index is 11.4. The third-order valence-corrected chi connectivity index (χ3v) is 3.71. The lowest BCUT2D eigenvalue weighted by molar-refractivity contribution is -0.130. The Kier molecular flexibility index (Phi) is 3.94. The van der Waals surface area contributed by atoms with Crippen molar-refractivity contribution in [2.75, 3.05) is 0 Å². The predicted molar refractivity (Wildman–Crippen MR) is 83.4 cm³/mol. The first kappa shape index (κ1) is 15.0. The van der Waals surface area contributed by atoms with E-state index in [0.717, 1.165) is 16.6 Å². The Morgan fingerprint density at radius 2 is 2.04 bits per heavy atom. The number of hydroxylamine groups is 1. The lowest BCUT2D eigenvalue weighted by Crippen LogP contribution is -2.24. The Labute approximate surface area is 132 Å². The van der Waals surface area contributed by atoms with Crippen molar-refractivity contribution in [3.8, 4) is 11.5 Å². The standard InChI is InChI=1S/C16H16N4O3/c1-10(16(21)19-22)11-3-5-12(6-4-11)23-14-7-8-17-15-13(14)9-18-20(15)2/h3-10,22H,1-2H3,(H,19,21). The molecule has 3 aromatic rings. The van der Waals surface area contributed by atoms with Crippen molar-refractivity contribution in [3.05, 3.63) is 48.3 Å². The van der Waals surface area contributed by atoms with Gasteiger partial charge in [-0.05, 0) is 30.7 Å². The van der Waals surface area contributed by atoms with Crippen LogP contribution in [0.5, 0.6) is 11.5 Å². The molecule has 0 bridgehead atoms. The van der Waals surface area contributed by atoms with E-state index in [0.29, 0.717) is 11.5 Å². The number of pyridine rings is 1. The number of aryl methyl sites for hydroxylation is 1. The number of rotatable bonds is 4. The number of hydrogen-bond acceptors (Lipinski definition) is 5. The topological polar surface area (TPSA) is 89.3 Å². The molecule has 1 aromatic carbocycles. The summed E-state index contributed by atoms with van der Waals surface area (Å²) < 4.78 is 7.56. The first-order chi connectivity index (χ1) is 11.1. The van der Waals surface area contributed by atoms with Crippen LogP contribution in [0, 0.1) is 0 Å². The van der Waals surface area contributed by atoms with Crippen LogP contribution >= 0.6 is 0 Å². The van der Waals surface area contributed by atoms with Crippen molar-refractivity contribution in [3.63, 3.8) is 0 Å². The van der Waals surface area contributed by atoms with Gasteiger partial charge in [0.1, 0.15) is 11.5 Å². The molecule has 23 heavy (non-hydrogen) atoms. The van der Waals surface area contributed by atoms with Crippen LogP contribution in [-0.4, -0.2) is 25.9 Å². The van der Waals surface area contributed by atoms with Crippen molar-refractivity contribution in [2.24, 2.45) is 7.05 Å². The second-order valence-corrected chi connectivity index (χ2v) is 5.18. The van der Waals surface area contributed by atoms with E-state index in [-0.39, 0.29) is 0 Å². The van der Waals surface area contributed by atoms with E-state index in [1.807, 2.05) is 7.05 Å². The zero-order valence-corrected chi connectivity index (χ0v) is 12.7. The molecule has 0 aliphatic heterocycles. The zero-order chi connectivity index (χ0) is 16.4. The third kappa shape index (κ3) is 2.86. The summed E-state index contributed by atoms with van der Waals surface area (Å²) in [6, 6.07) is 8.91. The van der Waals surface area contributed by atoms with Gasteiger partial charge in [-0.15, -0.1) is 0 Å². The second-order valence-electron chi connectivity index (χ2n) is 5.18. The van der Waals surface area contributed by atoms with E-state index < -0.39 is 11.8 Å². The minimum absolute atomic E-state index is 0.444. The summed E-state index contributed by atoms with van der Waals surface area (Å²) in [7, 11) is 1.82. The fourth-order valence-electron chi connectivity index (χ4n) is 2.31. The van der Waals surface area contributed by atoms with Crippen LogP contribution in [-0.2, 0) is 11.8 Å². The van der Waals surface area contributed by atoms with E-state index in [9.17, 15) is 4.79 Å². The summed E-state index contributed by atoms with van der Waals surface area (Å²) in [6.07, 6.45) is 3.38. The molecular weight excluding hydrogens is 296 g/mol. The van der Waals surface area contributed by atoms with Gasteiger partial charge < -0.3 is 4.74 Å². The molecule has 0 saturated heterocycles. The van der Waals surface area contributed by atoms with Gasteiger partial charge in [-0.3, -0.25) is 14.7 Å². The SMILES string of the molecule is CC(C(=O)NO)c1ccc(Oc2ccnc3c2cnn3C)cc1. The summed E-state index contributed by atoms with van der Waals surface area (Å²) >= 11 is 0. The fourth-order valence-corrected chi connectivity index (χ4v) is 2.31. The number of benzene rings is 1. The summed E-state index contributed by atoms with van der Waals surface area (Å²) in [6.45, 7) is 1.71. The van der Waals surface area contributed by atoms with Gasteiger partial charge in [0.05, 0.1) is 17.5 Å². The van der Waals surface area contributed by atoms with Crippen LogP contribution in [0.1, 0.15) is 18.4 Å². The maximum Gasteiger partial charge on any atom is 0.250 e. The highest BCUT2D eigenvalue weighted by Crippen LogP contribution is 2.29. The van der Waals surface area contributed by atoms with Gasteiger partial charge in [-0.25, -0.2) is 10.5 Å². The fraction of sp³-hybridized carbons (Fsp3) is 0.188. The average molecular weight is 312 g/mol. The van der Waals surface area contributed by atoms with E-state index in [2.05, 4.69) is 10.1 Å². The van der Waals surface area contributed by atoms with Crippen LogP contribution in [0.25, 0.3) is 11.0 Å². The molecule has 0 aliphatic carbocycles. The molecule has 3 rings (SSSR count). The predicted octanol–water partition coefficient (Wildman–Crippen LogP) is 2.37. The molecule has 1 atom stereocenters. The van der Waals surface area contributed by atoms with Crippen molar-refractivity contribution < 1.29 is 14.7 Å². The Balaban J connectivity index is 1.84. The Morgan fingerprint density at radius 1 is 1.30 bits per heavy atom. The minimum atomic E-state index is -0.454. The van der Waals surface area contributed by atoms with E-state index in [4.69, 9.17) is 9.94 Å². The Bertz CT molecular complexity index is 842. The summed E-state index contributed by atoms with van der Waals surface area (Å²) in [5, 5.41) is 13.7. The van der Waals surface area contributed by atoms with Gasteiger partial charge >= 0.3 is 0 Å². The highest BCUT2D eigenvalue weighted by atomic mass is 16.5. The molecule has 0 radical (unpaired) electrons. The third-order valence-electron chi connectivity index (χ3n) is 3.71. The molecule has 118 valence electrons. The number of fused-ring (bicyclic) bond motifs is 1. The molecule has 2 aromatic heterocycles. The molecule has 1 amide bonds. The number of ether oxygens (including phenoxy) is 1. The number of nitrogens with zero attached hydrogens (tertiary/aromatic N) is 3. The normalized spacial score (nSPS) is 12.1. The monoisotopic (exact) mass is 312 g/mol. The largest absolute Gasteiger partial charge is 0.456 e.